The Bertz CT molecular complexity index is 961. The first-order valence-corrected chi connectivity index (χ1v) is 10.6. The monoisotopic (exact) mass is 403 g/mol. The lowest BCUT2D eigenvalue weighted by atomic mass is 9.91. The van der Waals surface area contributed by atoms with E-state index in [1.165, 1.54) is 11.1 Å². The van der Waals surface area contributed by atoms with Gasteiger partial charge >= 0.3 is 0 Å². The van der Waals surface area contributed by atoms with Gasteiger partial charge in [0, 0.05) is 18.3 Å². The molecule has 1 fully saturated rings. The summed E-state index contributed by atoms with van der Waals surface area (Å²) in [5.74, 6) is 1.13. The lowest BCUT2D eigenvalue weighted by Crippen LogP contribution is -2.41. The maximum Gasteiger partial charge on any atom is 0.223 e. The number of hydrogen-bond donors (Lipinski definition) is 1. The van der Waals surface area contributed by atoms with Crippen molar-refractivity contribution in [2.24, 2.45) is 5.92 Å². The molecule has 0 radical (unpaired) electrons. The van der Waals surface area contributed by atoms with E-state index in [1.54, 1.807) is 12.5 Å². The van der Waals surface area contributed by atoms with E-state index >= 15 is 0 Å². The predicted octanol–water partition coefficient (Wildman–Crippen LogP) is 4.41. The van der Waals surface area contributed by atoms with E-state index in [0.717, 1.165) is 49.4 Å². The molecule has 0 aliphatic carbocycles. The molecule has 2 aromatic heterocycles. The number of piperidine rings is 1. The molecule has 4 rings (SSSR count). The summed E-state index contributed by atoms with van der Waals surface area (Å²) in [4.78, 5) is 19.8. The minimum Gasteiger partial charge on any atom is -0.468 e. The van der Waals surface area contributed by atoms with Crippen molar-refractivity contribution in [3.05, 3.63) is 89.1 Å². The van der Waals surface area contributed by atoms with Crippen LogP contribution in [0.1, 0.15) is 46.9 Å². The minimum atomic E-state index is -0.188. The van der Waals surface area contributed by atoms with Crippen LogP contribution in [-0.2, 0) is 11.3 Å². The number of pyridine rings is 1. The van der Waals surface area contributed by atoms with Crippen molar-refractivity contribution in [3.8, 4) is 0 Å². The first kappa shape index (κ1) is 20.4. The molecule has 30 heavy (non-hydrogen) atoms. The number of amides is 1. The number of nitrogens with zero attached hydrogens (tertiary/aromatic N) is 2. The third-order valence-electron chi connectivity index (χ3n) is 5.97. The van der Waals surface area contributed by atoms with Gasteiger partial charge in [-0.15, -0.1) is 0 Å². The van der Waals surface area contributed by atoms with Gasteiger partial charge in [0.1, 0.15) is 5.76 Å². The zero-order chi connectivity index (χ0) is 20.9. The van der Waals surface area contributed by atoms with Gasteiger partial charge in [0.25, 0.3) is 0 Å². The number of benzene rings is 1. The van der Waals surface area contributed by atoms with E-state index in [0.29, 0.717) is 0 Å². The van der Waals surface area contributed by atoms with Crippen LogP contribution in [0.3, 0.4) is 0 Å². The number of carbonyl (C=O) groups excluding carboxylic acids is 1. The van der Waals surface area contributed by atoms with Gasteiger partial charge in [0.2, 0.25) is 5.91 Å². The molecule has 1 aromatic carbocycles. The number of nitrogens with one attached hydrogen (secondary N) is 1. The molecule has 5 heteroatoms. The van der Waals surface area contributed by atoms with Gasteiger partial charge in [-0.3, -0.25) is 14.7 Å². The average molecular weight is 404 g/mol. The van der Waals surface area contributed by atoms with Gasteiger partial charge in [-0.05, 0) is 74.7 Å². The van der Waals surface area contributed by atoms with E-state index in [2.05, 4.69) is 47.2 Å². The van der Waals surface area contributed by atoms with E-state index < -0.39 is 0 Å². The largest absolute Gasteiger partial charge is 0.468 e. The SMILES string of the molecule is Cc1ccc(C)c([C@@H](NC(=O)C2CCN(Cc3ccco3)CC2)c2cccnc2)c1. The standard InChI is InChI=1S/C25H29N3O2/c1-18-7-8-19(2)23(15-18)24(21-5-3-11-26-16-21)27-25(29)20-9-12-28(13-10-20)17-22-6-4-14-30-22/h3-8,11,14-16,20,24H,9-10,12-13,17H2,1-2H3,(H,27,29)/t24-/m0/s1. The van der Waals surface area contributed by atoms with E-state index in [1.807, 2.05) is 30.5 Å². The van der Waals surface area contributed by atoms with Crippen LogP contribution in [0.15, 0.2) is 65.5 Å². The fraction of sp³-hybridized carbons (Fsp3) is 0.360. The summed E-state index contributed by atoms with van der Waals surface area (Å²) in [6.45, 7) is 6.79. The summed E-state index contributed by atoms with van der Waals surface area (Å²) in [7, 11) is 0. The fourth-order valence-electron chi connectivity index (χ4n) is 4.19. The molecule has 3 heterocycles. The quantitative estimate of drug-likeness (QED) is 0.662. The van der Waals surface area contributed by atoms with Crippen LogP contribution >= 0.6 is 0 Å². The van der Waals surface area contributed by atoms with Gasteiger partial charge in [-0.25, -0.2) is 0 Å². The number of likely N-dealkylation sites (tertiary alicyclic amines) is 1. The summed E-state index contributed by atoms with van der Waals surface area (Å²) >= 11 is 0. The third kappa shape index (κ3) is 4.79. The van der Waals surface area contributed by atoms with Crippen LogP contribution in [0.2, 0.25) is 0 Å². The highest BCUT2D eigenvalue weighted by Gasteiger charge is 2.28. The third-order valence-corrected chi connectivity index (χ3v) is 5.97. The Morgan fingerprint density at radius 1 is 1.20 bits per heavy atom. The Kier molecular flexibility index (Phi) is 6.29. The van der Waals surface area contributed by atoms with Gasteiger partial charge in [-0.1, -0.05) is 29.8 Å². The van der Waals surface area contributed by atoms with Crippen LogP contribution in [0.5, 0.6) is 0 Å². The highest BCUT2D eigenvalue weighted by atomic mass is 16.3. The van der Waals surface area contributed by atoms with Crippen LogP contribution < -0.4 is 5.32 Å². The van der Waals surface area contributed by atoms with E-state index in [9.17, 15) is 4.79 Å². The topological polar surface area (TPSA) is 58.4 Å². The second-order valence-electron chi connectivity index (χ2n) is 8.22. The Morgan fingerprint density at radius 3 is 2.73 bits per heavy atom. The molecule has 3 aromatic rings. The molecule has 5 nitrogen and oxygen atoms in total. The Balaban J connectivity index is 1.45. The van der Waals surface area contributed by atoms with Gasteiger partial charge in [-0.2, -0.15) is 0 Å². The van der Waals surface area contributed by atoms with Crippen molar-refractivity contribution in [2.75, 3.05) is 13.1 Å². The van der Waals surface area contributed by atoms with Crippen molar-refractivity contribution < 1.29 is 9.21 Å². The van der Waals surface area contributed by atoms with Crippen LogP contribution in [-0.4, -0.2) is 28.9 Å². The summed E-state index contributed by atoms with van der Waals surface area (Å²) in [6.07, 6.45) is 7.04. The molecule has 0 spiro atoms. The summed E-state index contributed by atoms with van der Waals surface area (Å²) in [5, 5.41) is 3.33. The molecule has 0 saturated carbocycles. The molecule has 1 atom stereocenters. The highest BCUT2D eigenvalue weighted by Crippen LogP contribution is 2.27. The number of rotatable bonds is 6. The second kappa shape index (κ2) is 9.26. The predicted molar refractivity (Wildman–Crippen MR) is 117 cm³/mol. The van der Waals surface area contributed by atoms with Crippen LogP contribution in [0, 0.1) is 19.8 Å². The molecule has 1 amide bonds. The summed E-state index contributed by atoms with van der Waals surface area (Å²) in [6, 6.07) is 14.1. The summed E-state index contributed by atoms with van der Waals surface area (Å²) in [5.41, 5.74) is 4.49. The van der Waals surface area contributed by atoms with E-state index in [4.69, 9.17) is 4.42 Å². The Hall–Kier alpha value is -2.92. The lowest BCUT2D eigenvalue weighted by Gasteiger charge is -2.32. The Morgan fingerprint density at radius 2 is 2.03 bits per heavy atom. The molecule has 1 saturated heterocycles. The molecule has 0 unspecified atom stereocenters. The molecule has 1 aliphatic rings. The number of aryl methyl sites for hydroxylation is 2. The second-order valence-corrected chi connectivity index (χ2v) is 8.22. The molecule has 0 bridgehead atoms. The van der Waals surface area contributed by atoms with Crippen LogP contribution in [0.4, 0.5) is 0 Å². The van der Waals surface area contributed by atoms with Crippen molar-refractivity contribution in [1.29, 1.82) is 0 Å². The highest BCUT2D eigenvalue weighted by molar-refractivity contribution is 5.79. The summed E-state index contributed by atoms with van der Waals surface area (Å²) < 4.78 is 5.46. The molecule has 156 valence electrons. The fourth-order valence-corrected chi connectivity index (χ4v) is 4.19. The lowest BCUT2D eigenvalue weighted by molar-refractivity contribution is -0.127. The van der Waals surface area contributed by atoms with Gasteiger partial charge < -0.3 is 9.73 Å². The van der Waals surface area contributed by atoms with E-state index in [-0.39, 0.29) is 17.9 Å². The molecule has 1 N–H and O–H groups in total. The van der Waals surface area contributed by atoms with Crippen molar-refractivity contribution >= 4 is 5.91 Å². The average Bonchev–Trinajstić information content (AvgIpc) is 3.28. The zero-order valence-corrected chi connectivity index (χ0v) is 17.7. The van der Waals surface area contributed by atoms with Crippen molar-refractivity contribution in [3.63, 3.8) is 0 Å². The number of aromatic nitrogens is 1. The minimum absolute atomic E-state index is 0.0298. The van der Waals surface area contributed by atoms with Crippen molar-refractivity contribution in [2.45, 2.75) is 39.3 Å². The molecular weight excluding hydrogens is 374 g/mol. The normalized spacial score (nSPS) is 16.3. The smallest absolute Gasteiger partial charge is 0.223 e. The number of carbonyl (C=O) groups is 1. The number of furan rings is 1. The molecular formula is C25H29N3O2. The maximum absolute atomic E-state index is 13.2. The first-order chi connectivity index (χ1) is 14.6. The van der Waals surface area contributed by atoms with Gasteiger partial charge in [0.15, 0.2) is 0 Å². The zero-order valence-electron chi connectivity index (χ0n) is 17.7. The van der Waals surface area contributed by atoms with Crippen LogP contribution in [0.25, 0.3) is 0 Å². The van der Waals surface area contributed by atoms with Gasteiger partial charge in [0.05, 0.1) is 18.8 Å². The van der Waals surface area contributed by atoms with Crippen molar-refractivity contribution in [1.82, 2.24) is 15.2 Å². The maximum atomic E-state index is 13.2. The Labute approximate surface area is 178 Å². The number of hydrogen-bond acceptors (Lipinski definition) is 4. The molecule has 1 aliphatic heterocycles. The first-order valence-electron chi connectivity index (χ1n) is 10.6.